The minimum Gasteiger partial charge on any atom is -0.493 e. The van der Waals surface area contributed by atoms with Gasteiger partial charge in [-0.15, -0.1) is 11.6 Å². The summed E-state index contributed by atoms with van der Waals surface area (Å²) in [7, 11) is 0. The Morgan fingerprint density at radius 3 is 2.35 bits per heavy atom. The van der Waals surface area contributed by atoms with E-state index in [1.165, 1.54) is 11.1 Å². The van der Waals surface area contributed by atoms with Gasteiger partial charge in [0.2, 0.25) is 12.4 Å². The average Bonchev–Trinajstić information content (AvgIpc) is 3.32. The summed E-state index contributed by atoms with van der Waals surface area (Å²) in [5.74, 6) is 2.79. The quantitative estimate of drug-likeness (QED) is 0.145. The van der Waals surface area contributed by atoms with Crippen LogP contribution in [-0.2, 0) is 19.4 Å². The molecule has 0 saturated heterocycles. The molecule has 0 unspecified atom stereocenters. The summed E-state index contributed by atoms with van der Waals surface area (Å²) in [6, 6.07) is 28.6. The first kappa shape index (κ1) is 26.5. The number of aryl methyl sites for hydroxylation is 1. The molecule has 0 fully saturated rings. The van der Waals surface area contributed by atoms with Crippen molar-refractivity contribution >= 4 is 11.6 Å². The van der Waals surface area contributed by atoms with Crippen LogP contribution in [0, 0.1) is 13.5 Å². The van der Waals surface area contributed by atoms with Gasteiger partial charge < -0.3 is 14.0 Å². The third kappa shape index (κ3) is 7.69. The number of aromatic nitrogens is 1. The molecule has 1 heterocycles. The Hall–Kier alpha value is -3.59. The van der Waals surface area contributed by atoms with Gasteiger partial charge in [-0.25, -0.2) is 11.6 Å². The highest BCUT2D eigenvalue weighted by atomic mass is 35.5. The van der Waals surface area contributed by atoms with Crippen LogP contribution >= 0.6 is 11.6 Å². The summed E-state index contributed by atoms with van der Waals surface area (Å²) >= 11 is 6.41. The lowest BCUT2D eigenvalue weighted by Crippen LogP contribution is -2.39. The van der Waals surface area contributed by atoms with Gasteiger partial charge in [-0.1, -0.05) is 60.7 Å². The largest absolute Gasteiger partial charge is 0.493 e. The maximum Gasteiger partial charge on any atom is 0.227 e. The highest BCUT2D eigenvalue weighted by molar-refractivity contribution is 6.18. The van der Waals surface area contributed by atoms with E-state index in [-0.39, 0.29) is 6.04 Å². The van der Waals surface area contributed by atoms with Crippen molar-refractivity contribution in [2.45, 2.75) is 32.4 Å². The summed E-state index contributed by atoms with van der Waals surface area (Å²) in [4.78, 5) is 10.5. The van der Waals surface area contributed by atoms with Gasteiger partial charge >= 0.3 is 0 Å². The van der Waals surface area contributed by atoms with E-state index in [0.29, 0.717) is 37.9 Å². The van der Waals surface area contributed by atoms with Gasteiger partial charge in [0.1, 0.15) is 11.5 Å². The SMILES string of the molecule is [C-]#[N+]CCN(Cc1ccccc1)[C@H](CCl)Cc1ccc(OCCc2nc(-c3ccccc3)oc2C)cc1. The predicted molar refractivity (Wildman–Crippen MR) is 149 cm³/mol. The first-order valence-corrected chi connectivity index (χ1v) is 13.1. The molecule has 0 bridgehead atoms. The Labute approximate surface area is 224 Å². The van der Waals surface area contributed by atoms with Crippen LogP contribution in [0.3, 0.4) is 0 Å². The number of benzene rings is 3. The van der Waals surface area contributed by atoms with Gasteiger partial charge in [-0.2, -0.15) is 0 Å². The summed E-state index contributed by atoms with van der Waals surface area (Å²) < 4.78 is 11.8. The van der Waals surface area contributed by atoms with E-state index in [4.69, 9.17) is 27.3 Å². The second-order valence-corrected chi connectivity index (χ2v) is 9.29. The molecule has 0 spiro atoms. The summed E-state index contributed by atoms with van der Waals surface area (Å²) in [6.45, 7) is 11.6. The Balaban J connectivity index is 1.32. The number of oxazole rings is 1. The number of hydrogen-bond acceptors (Lipinski definition) is 4. The van der Waals surface area contributed by atoms with Crippen LogP contribution in [0.2, 0.25) is 0 Å². The van der Waals surface area contributed by atoms with E-state index in [0.717, 1.165) is 35.7 Å². The third-order valence-corrected chi connectivity index (χ3v) is 6.69. The van der Waals surface area contributed by atoms with Gasteiger partial charge in [-0.05, 0) is 48.7 Å². The molecule has 3 aromatic carbocycles. The van der Waals surface area contributed by atoms with Crippen LogP contribution < -0.4 is 4.74 Å². The fourth-order valence-electron chi connectivity index (χ4n) is 4.29. The molecule has 0 aliphatic carbocycles. The molecular formula is C31H32ClN3O2. The lowest BCUT2D eigenvalue weighted by Gasteiger charge is -2.29. The van der Waals surface area contributed by atoms with Crippen molar-refractivity contribution in [3.8, 4) is 17.2 Å². The van der Waals surface area contributed by atoms with Crippen molar-refractivity contribution in [2.75, 3.05) is 25.6 Å². The van der Waals surface area contributed by atoms with Crippen LogP contribution in [0.15, 0.2) is 89.3 Å². The zero-order valence-corrected chi connectivity index (χ0v) is 21.9. The number of rotatable bonds is 13. The van der Waals surface area contributed by atoms with Gasteiger partial charge in [-0.3, -0.25) is 4.90 Å². The minimum absolute atomic E-state index is 0.143. The molecular weight excluding hydrogens is 482 g/mol. The molecule has 0 saturated carbocycles. The molecule has 0 aliphatic rings. The van der Waals surface area contributed by atoms with Crippen LogP contribution in [0.25, 0.3) is 16.3 Å². The van der Waals surface area contributed by atoms with E-state index in [1.807, 2.05) is 67.6 Å². The molecule has 4 aromatic rings. The van der Waals surface area contributed by atoms with E-state index in [9.17, 15) is 0 Å². The number of hydrogen-bond donors (Lipinski definition) is 0. The zero-order chi connectivity index (χ0) is 25.9. The maximum atomic E-state index is 7.22. The molecule has 6 heteroatoms. The number of nitrogens with zero attached hydrogens (tertiary/aromatic N) is 3. The fraction of sp³-hybridized carbons (Fsp3) is 0.290. The van der Waals surface area contributed by atoms with Gasteiger partial charge in [0.15, 0.2) is 0 Å². The molecule has 0 radical (unpaired) electrons. The summed E-state index contributed by atoms with van der Waals surface area (Å²) in [6.07, 6.45) is 1.49. The number of alkyl halides is 1. The second-order valence-electron chi connectivity index (χ2n) is 8.98. The Bertz CT molecular complexity index is 1270. The van der Waals surface area contributed by atoms with E-state index in [2.05, 4.69) is 39.0 Å². The molecule has 5 nitrogen and oxygen atoms in total. The first-order valence-electron chi connectivity index (χ1n) is 12.6. The normalized spacial score (nSPS) is 11.8. The van der Waals surface area contributed by atoms with Gasteiger partial charge in [0.05, 0.1) is 18.8 Å². The van der Waals surface area contributed by atoms with Gasteiger partial charge in [0, 0.05) is 30.5 Å². The van der Waals surface area contributed by atoms with E-state index < -0.39 is 0 Å². The molecule has 0 aliphatic heterocycles. The molecule has 1 aromatic heterocycles. The summed E-state index contributed by atoms with van der Waals surface area (Å²) in [5.41, 5.74) is 4.31. The topological polar surface area (TPSA) is 42.9 Å². The first-order chi connectivity index (χ1) is 18.2. The molecule has 190 valence electrons. The van der Waals surface area contributed by atoms with Gasteiger partial charge in [0.25, 0.3) is 0 Å². The molecule has 1 atom stereocenters. The third-order valence-electron chi connectivity index (χ3n) is 6.34. The lowest BCUT2D eigenvalue weighted by atomic mass is 10.0. The highest BCUT2D eigenvalue weighted by Gasteiger charge is 2.19. The van der Waals surface area contributed by atoms with Crippen molar-refractivity contribution < 1.29 is 9.15 Å². The maximum absolute atomic E-state index is 7.22. The standard InChI is InChI=1S/C31H32ClN3O2/c1-24-30(34-31(37-24)27-11-7-4-8-12-27)17-20-36-29-15-13-25(14-16-29)21-28(22-32)35(19-18-33-2)23-26-9-5-3-6-10-26/h3-16,28H,17-23H2,1H3/t28-/m0/s1. The Morgan fingerprint density at radius 2 is 1.68 bits per heavy atom. The van der Waals surface area contributed by atoms with Crippen molar-refractivity contribution in [1.29, 1.82) is 0 Å². The minimum atomic E-state index is 0.143. The van der Waals surface area contributed by atoms with Crippen LogP contribution in [-0.4, -0.2) is 41.5 Å². The van der Waals surface area contributed by atoms with Crippen molar-refractivity contribution in [3.63, 3.8) is 0 Å². The molecule has 0 N–H and O–H groups in total. The van der Waals surface area contributed by atoms with Crippen LogP contribution in [0.1, 0.15) is 22.6 Å². The zero-order valence-electron chi connectivity index (χ0n) is 21.1. The molecule has 4 rings (SSSR count). The van der Waals surface area contributed by atoms with Crippen molar-refractivity contribution in [2.24, 2.45) is 0 Å². The van der Waals surface area contributed by atoms with Crippen molar-refractivity contribution in [3.05, 3.63) is 119 Å². The summed E-state index contributed by atoms with van der Waals surface area (Å²) in [5, 5.41) is 0. The Kier molecular flexibility index (Phi) is 9.76. The number of halogens is 1. The van der Waals surface area contributed by atoms with Crippen LogP contribution in [0.5, 0.6) is 5.75 Å². The highest BCUT2D eigenvalue weighted by Crippen LogP contribution is 2.22. The van der Waals surface area contributed by atoms with Crippen molar-refractivity contribution in [1.82, 2.24) is 9.88 Å². The van der Waals surface area contributed by atoms with E-state index in [1.54, 1.807) is 0 Å². The lowest BCUT2D eigenvalue weighted by molar-refractivity contribution is 0.210. The second kappa shape index (κ2) is 13.6. The fourth-order valence-corrected chi connectivity index (χ4v) is 4.60. The molecule has 37 heavy (non-hydrogen) atoms. The molecule has 0 amide bonds. The van der Waals surface area contributed by atoms with Crippen LogP contribution in [0.4, 0.5) is 0 Å². The average molecular weight is 514 g/mol. The predicted octanol–water partition coefficient (Wildman–Crippen LogP) is 6.84. The number of ether oxygens (including phenoxy) is 1. The van der Waals surface area contributed by atoms with E-state index >= 15 is 0 Å². The smallest absolute Gasteiger partial charge is 0.227 e. The Morgan fingerprint density at radius 1 is 0.973 bits per heavy atom. The monoisotopic (exact) mass is 513 g/mol.